The topological polar surface area (TPSA) is 47.5 Å². The summed E-state index contributed by atoms with van der Waals surface area (Å²) in [5, 5.41) is 0. The van der Waals surface area contributed by atoms with Crippen molar-refractivity contribution < 1.29 is 13.9 Å². The van der Waals surface area contributed by atoms with Gasteiger partial charge in [0, 0.05) is 26.1 Å². The van der Waals surface area contributed by atoms with Crippen molar-refractivity contribution in [1.82, 2.24) is 9.97 Å². The maximum absolute atomic E-state index is 13.0. The first kappa shape index (κ1) is 16.6. The van der Waals surface area contributed by atoms with Crippen molar-refractivity contribution in [2.45, 2.75) is 18.9 Å². The third-order valence-electron chi connectivity index (χ3n) is 4.51. The molecule has 3 rings (SSSR count). The van der Waals surface area contributed by atoms with E-state index in [1.54, 1.807) is 14.2 Å². The number of piperidine rings is 1. The van der Waals surface area contributed by atoms with Crippen molar-refractivity contribution in [1.29, 1.82) is 0 Å². The summed E-state index contributed by atoms with van der Waals surface area (Å²) in [5.41, 5.74) is 1.24. The van der Waals surface area contributed by atoms with Gasteiger partial charge in [-0.2, -0.15) is 0 Å². The number of aromatic nitrogens is 2. The number of halogens is 1. The summed E-state index contributed by atoms with van der Waals surface area (Å²) in [6.07, 6.45) is 4.42. The molecule has 1 aromatic heterocycles. The van der Waals surface area contributed by atoms with Crippen molar-refractivity contribution in [3.8, 4) is 5.75 Å². The third kappa shape index (κ3) is 3.82. The summed E-state index contributed by atoms with van der Waals surface area (Å²) in [7, 11) is 3.42. The normalized spacial score (nSPS) is 20.9. The molecular formula is C18H22FN3O2. The van der Waals surface area contributed by atoms with Crippen LogP contribution in [0, 0.1) is 11.7 Å². The fourth-order valence-corrected chi connectivity index (χ4v) is 3.23. The third-order valence-corrected chi connectivity index (χ3v) is 4.51. The van der Waals surface area contributed by atoms with Gasteiger partial charge in [0.2, 0.25) is 5.95 Å². The van der Waals surface area contributed by atoms with E-state index in [9.17, 15) is 4.39 Å². The first-order chi connectivity index (χ1) is 11.7. The summed E-state index contributed by atoms with van der Waals surface area (Å²) in [6, 6.07) is 8.11. The van der Waals surface area contributed by atoms with E-state index in [0.717, 1.165) is 31.7 Å². The van der Waals surface area contributed by atoms with Gasteiger partial charge in [-0.1, -0.05) is 12.1 Å². The van der Waals surface area contributed by atoms with E-state index in [1.165, 1.54) is 18.0 Å². The molecule has 1 fully saturated rings. The van der Waals surface area contributed by atoms with Gasteiger partial charge >= 0.3 is 0 Å². The number of benzene rings is 1. The average molecular weight is 331 g/mol. The Morgan fingerprint density at radius 1 is 1.17 bits per heavy atom. The summed E-state index contributed by atoms with van der Waals surface area (Å²) >= 11 is 0. The van der Waals surface area contributed by atoms with Crippen LogP contribution in [0.3, 0.4) is 0 Å². The van der Waals surface area contributed by atoms with E-state index in [2.05, 4.69) is 27.0 Å². The van der Waals surface area contributed by atoms with Crippen LogP contribution in [0.5, 0.6) is 5.75 Å². The van der Waals surface area contributed by atoms with Crippen LogP contribution in [0.2, 0.25) is 0 Å². The molecule has 0 aliphatic carbocycles. The number of hydrogen-bond donors (Lipinski definition) is 0. The lowest BCUT2D eigenvalue weighted by Crippen LogP contribution is -2.45. The molecule has 0 bridgehead atoms. The largest absolute Gasteiger partial charge is 0.497 e. The zero-order chi connectivity index (χ0) is 16.9. The molecule has 6 heteroatoms. The quantitative estimate of drug-likeness (QED) is 0.843. The number of hydrogen-bond acceptors (Lipinski definition) is 5. The Bertz CT molecular complexity index is 648. The van der Waals surface area contributed by atoms with Crippen molar-refractivity contribution >= 4 is 5.95 Å². The predicted octanol–water partition coefficient (Wildman–Crippen LogP) is 2.71. The average Bonchev–Trinajstić information content (AvgIpc) is 2.63. The van der Waals surface area contributed by atoms with Crippen LogP contribution in [0.25, 0.3) is 0 Å². The number of ether oxygens (including phenoxy) is 2. The van der Waals surface area contributed by atoms with Gasteiger partial charge in [0.05, 0.1) is 25.6 Å². The molecule has 0 saturated carbocycles. The Morgan fingerprint density at radius 3 is 2.50 bits per heavy atom. The smallest absolute Gasteiger partial charge is 0.225 e. The molecular weight excluding hydrogens is 309 g/mol. The van der Waals surface area contributed by atoms with Gasteiger partial charge in [-0.3, -0.25) is 0 Å². The Kier molecular flexibility index (Phi) is 5.25. The lowest BCUT2D eigenvalue weighted by molar-refractivity contribution is 0.0374. The molecule has 2 atom stereocenters. The Morgan fingerprint density at radius 2 is 1.88 bits per heavy atom. The summed E-state index contributed by atoms with van der Waals surface area (Å²) in [5.74, 6) is 1.34. The lowest BCUT2D eigenvalue weighted by atomic mass is 9.88. The Balaban J connectivity index is 1.71. The van der Waals surface area contributed by atoms with Gasteiger partial charge in [-0.25, -0.2) is 14.4 Å². The van der Waals surface area contributed by atoms with Crippen LogP contribution >= 0.6 is 0 Å². The number of anilines is 1. The minimum Gasteiger partial charge on any atom is -0.497 e. The highest BCUT2D eigenvalue weighted by molar-refractivity contribution is 5.31. The molecule has 128 valence electrons. The summed E-state index contributed by atoms with van der Waals surface area (Å²) < 4.78 is 23.9. The van der Waals surface area contributed by atoms with E-state index in [0.29, 0.717) is 11.9 Å². The molecule has 1 saturated heterocycles. The van der Waals surface area contributed by atoms with Gasteiger partial charge in [0.25, 0.3) is 0 Å². The molecule has 0 unspecified atom stereocenters. The van der Waals surface area contributed by atoms with Crippen LogP contribution in [-0.4, -0.2) is 43.4 Å². The van der Waals surface area contributed by atoms with Crippen molar-refractivity contribution in [3.63, 3.8) is 0 Å². The van der Waals surface area contributed by atoms with E-state index in [1.807, 2.05) is 12.1 Å². The minimum absolute atomic E-state index is 0.198. The number of nitrogens with zero attached hydrogens (tertiary/aromatic N) is 3. The molecule has 1 aromatic carbocycles. The van der Waals surface area contributed by atoms with Crippen LogP contribution in [0.4, 0.5) is 10.3 Å². The Labute approximate surface area is 141 Å². The molecule has 0 radical (unpaired) electrons. The second-order valence-corrected chi connectivity index (χ2v) is 6.02. The Hall–Kier alpha value is -2.21. The molecule has 2 heterocycles. The van der Waals surface area contributed by atoms with E-state index < -0.39 is 5.82 Å². The molecule has 5 nitrogen and oxygen atoms in total. The monoisotopic (exact) mass is 331 g/mol. The van der Waals surface area contributed by atoms with Crippen molar-refractivity contribution in [2.75, 3.05) is 32.2 Å². The van der Waals surface area contributed by atoms with Gasteiger partial charge in [0.1, 0.15) is 5.75 Å². The molecule has 0 amide bonds. The maximum atomic E-state index is 13.0. The second-order valence-electron chi connectivity index (χ2n) is 6.02. The van der Waals surface area contributed by atoms with Crippen LogP contribution in [0.15, 0.2) is 36.7 Å². The fourth-order valence-electron chi connectivity index (χ4n) is 3.23. The van der Waals surface area contributed by atoms with Gasteiger partial charge in [-0.15, -0.1) is 0 Å². The lowest BCUT2D eigenvalue weighted by Gasteiger charge is -2.38. The van der Waals surface area contributed by atoms with Crippen LogP contribution < -0.4 is 9.64 Å². The van der Waals surface area contributed by atoms with E-state index >= 15 is 0 Å². The number of methoxy groups -OCH3 is 2. The van der Waals surface area contributed by atoms with Gasteiger partial charge in [-0.05, 0) is 30.5 Å². The first-order valence-corrected chi connectivity index (χ1v) is 8.08. The standard InChI is InChI=1S/C18H22FN3O2/c1-23-16-5-3-13(4-6-16)9-14-12-22(8-7-17(14)24-2)18-20-10-15(19)11-21-18/h3-6,10-11,14,17H,7-9,12H2,1-2H3/t14-,17-/m1/s1. The van der Waals surface area contributed by atoms with E-state index in [-0.39, 0.29) is 6.10 Å². The zero-order valence-corrected chi connectivity index (χ0v) is 14.0. The molecule has 0 spiro atoms. The van der Waals surface area contributed by atoms with Crippen molar-refractivity contribution in [2.24, 2.45) is 5.92 Å². The summed E-state index contributed by atoms with van der Waals surface area (Å²) in [6.45, 7) is 1.60. The van der Waals surface area contributed by atoms with Gasteiger partial charge < -0.3 is 14.4 Å². The SMILES string of the molecule is COc1ccc(C[C@@H]2CN(c3ncc(F)cn3)CC[C@H]2OC)cc1. The minimum atomic E-state index is -0.416. The predicted molar refractivity (Wildman–Crippen MR) is 89.8 cm³/mol. The van der Waals surface area contributed by atoms with Gasteiger partial charge in [0.15, 0.2) is 5.82 Å². The van der Waals surface area contributed by atoms with Crippen LogP contribution in [0.1, 0.15) is 12.0 Å². The fraction of sp³-hybridized carbons (Fsp3) is 0.444. The molecule has 0 N–H and O–H groups in total. The molecule has 2 aromatic rings. The summed E-state index contributed by atoms with van der Waals surface area (Å²) in [4.78, 5) is 10.3. The number of rotatable bonds is 5. The molecule has 1 aliphatic heterocycles. The highest BCUT2D eigenvalue weighted by Gasteiger charge is 2.30. The molecule has 1 aliphatic rings. The van der Waals surface area contributed by atoms with Crippen LogP contribution in [-0.2, 0) is 11.2 Å². The zero-order valence-electron chi connectivity index (χ0n) is 14.0. The maximum Gasteiger partial charge on any atom is 0.225 e. The second kappa shape index (κ2) is 7.57. The molecule has 24 heavy (non-hydrogen) atoms. The van der Waals surface area contributed by atoms with Crippen molar-refractivity contribution in [3.05, 3.63) is 48.0 Å². The first-order valence-electron chi connectivity index (χ1n) is 8.08. The van der Waals surface area contributed by atoms with E-state index in [4.69, 9.17) is 9.47 Å². The highest BCUT2D eigenvalue weighted by atomic mass is 19.1. The highest BCUT2D eigenvalue weighted by Crippen LogP contribution is 2.26.